The highest BCUT2D eigenvalue weighted by Gasteiger charge is 1.98. The number of rotatable bonds is 3. The van der Waals surface area contributed by atoms with Crippen LogP contribution in [0.1, 0.15) is 5.56 Å². The summed E-state index contributed by atoms with van der Waals surface area (Å²) in [5.74, 6) is 1.32. The number of hydrogen-bond donors (Lipinski definition) is 2. The minimum atomic E-state index is -1.39. The van der Waals surface area contributed by atoms with Gasteiger partial charge < -0.3 is 14.9 Å². The molecule has 0 saturated heterocycles. The van der Waals surface area contributed by atoms with Crippen LogP contribution in [0.5, 0.6) is 0 Å². The Bertz CT molecular complexity index is 306. The Hall–Kier alpha value is -1.26. The zero-order valence-electron chi connectivity index (χ0n) is 8.38. The van der Waals surface area contributed by atoms with Crippen molar-refractivity contribution in [2.45, 2.75) is 0 Å². The Labute approximate surface area is 84.4 Å². The van der Waals surface area contributed by atoms with E-state index in [0.29, 0.717) is 0 Å². The molecule has 0 fully saturated rings. The first-order valence-electron chi connectivity index (χ1n) is 4.41. The van der Waals surface area contributed by atoms with Crippen LogP contribution in [0.4, 0.5) is 5.69 Å². The summed E-state index contributed by atoms with van der Waals surface area (Å²) in [6, 6.07) is 7.80. The molecule has 0 atom stereocenters. The van der Waals surface area contributed by atoms with Gasteiger partial charge in [-0.2, -0.15) is 0 Å². The second kappa shape index (κ2) is 4.84. The fourth-order valence-electron chi connectivity index (χ4n) is 1.08. The van der Waals surface area contributed by atoms with Crippen LogP contribution in [0.15, 0.2) is 30.2 Å². The molecule has 3 nitrogen and oxygen atoms in total. The van der Waals surface area contributed by atoms with E-state index in [0.717, 1.165) is 11.3 Å². The fraction of sp³-hybridized carbons (Fsp3) is 0.200. The quantitative estimate of drug-likeness (QED) is 0.693. The largest absolute Gasteiger partial charge is 0.480 e. The van der Waals surface area contributed by atoms with Crippen LogP contribution in [0, 0.1) is 0 Å². The average molecular weight is 191 g/mol. The number of benzene rings is 1. The van der Waals surface area contributed by atoms with Crippen molar-refractivity contribution >= 4 is 18.9 Å². The van der Waals surface area contributed by atoms with Crippen molar-refractivity contribution in [2.24, 2.45) is 0 Å². The van der Waals surface area contributed by atoms with E-state index in [9.17, 15) is 0 Å². The van der Waals surface area contributed by atoms with Crippen molar-refractivity contribution in [3.05, 3.63) is 35.8 Å². The van der Waals surface area contributed by atoms with Crippen molar-refractivity contribution in [1.82, 2.24) is 0 Å². The van der Waals surface area contributed by atoms with Gasteiger partial charge in [-0.15, -0.1) is 0 Å². The third-order valence-corrected chi connectivity index (χ3v) is 1.87. The van der Waals surface area contributed by atoms with E-state index >= 15 is 0 Å². The first-order chi connectivity index (χ1) is 6.59. The lowest BCUT2D eigenvalue weighted by Crippen LogP contribution is -2.08. The summed E-state index contributed by atoms with van der Waals surface area (Å²) in [4.78, 5) is 2.01. The third kappa shape index (κ3) is 3.24. The molecule has 0 aromatic heterocycles. The van der Waals surface area contributed by atoms with Gasteiger partial charge in [0.1, 0.15) is 0 Å². The molecule has 1 aromatic carbocycles. The highest BCUT2D eigenvalue weighted by Crippen LogP contribution is 2.12. The molecule has 1 aromatic rings. The Balaban J connectivity index is 2.73. The molecule has 0 saturated carbocycles. The maximum absolute atomic E-state index is 8.62. The first-order valence-corrected chi connectivity index (χ1v) is 4.41. The average Bonchev–Trinajstić information content (AvgIpc) is 2.15. The second-order valence-electron chi connectivity index (χ2n) is 3.26. The highest BCUT2D eigenvalue weighted by molar-refractivity contribution is 6.48. The molecule has 0 aliphatic rings. The normalized spacial score (nSPS) is 10.6. The second-order valence-corrected chi connectivity index (χ2v) is 3.26. The molecule has 0 amide bonds. The zero-order valence-corrected chi connectivity index (χ0v) is 8.38. The van der Waals surface area contributed by atoms with Gasteiger partial charge in [-0.1, -0.05) is 24.2 Å². The molecule has 0 aliphatic heterocycles. The minimum Gasteiger partial charge on any atom is -0.424 e. The van der Waals surface area contributed by atoms with Crippen molar-refractivity contribution in [2.75, 3.05) is 19.0 Å². The van der Waals surface area contributed by atoms with Gasteiger partial charge in [0, 0.05) is 19.8 Å². The molecule has 2 N–H and O–H groups in total. The van der Waals surface area contributed by atoms with Crippen LogP contribution in [0.3, 0.4) is 0 Å². The van der Waals surface area contributed by atoms with E-state index in [-0.39, 0.29) is 0 Å². The SMILES string of the molecule is CN(C)c1ccc(/C=C/B(O)O)cc1. The molecule has 0 radical (unpaired) electrons. The van der Waals surface area contributed by atoms with E-state index < -0.39 is 7.12 Å². The number of hydrogen-bond acceptors (Lipinski definition) is 3. The minimum absolute atomic E-state index is 0.948. The van der Waals surface area contributed by atoms with Crippen LogP contribution in [0.2, 0.25) is 0 Å². The molecule has 0 aliphatic carbocycles. The van der Waals surface area contributed by atoms with Gasteiger partial charge >= 0.3 is 7.12 Å². The summed E-state index contributed by atoms with van der Waals surface area (Å²) in [5.41, 5.74) is 2.07. The number of anilines is 1. The summed E-state index contributed by atoms with van der Waals surface area (Å²) < 4.78 is 0. The van der Waals surface area contributed by atoms with Gasteiger partial charge in [0.2, 0.25) is 0 Å². The van der Waals surface area contributed by atoms with Crippen LogP contribution in [-0.4, -0.2) is 31.3 Å². The van der Waals surface area contributed by atoms with Gasteiger partial charge in [-0.05, 0) is 17.7 Å². The molecule has 74 valence electrons. The van der Waals surface area contributed by atoms with E-state index in [2.05, 4.69) is 0 Å². The monoisotopic (exact) mass is 191 g/mol. The fourth-order valence-corrected chi connectivity index (χ4v) is 1.08. The first kappa shape index (κ1) is 10.8. The van der Waals surface area contributed by atoms with Gasteiger partial charge in [0.05, 0.1) is 0 Å². The summed E-state index contributed by atoms with van der Waals surface area (Å²) in [5, 5.41) is 17.2. The summed E-state index contributed by atoms with van der Waals surface area (Å²) in [6.45, 7) is 0. The summed E-state index contributed by atoms with van der Waals surface area (Å²) in [6.07, 6.45) is 1.67. The lowest BCUT2D eigenvalue weighted by molar-refractivity contribution is 0.424. The number of nitrogens with zero attached hydrogens (tertiary/aromatic N) is 1. The Morgan fingerprint density at radius 3 is 2.14 bits per heavy atom. The Morgan fingerprint density at radius 2 is 1.71 bits per heavy atom. The van der Waals surface area contributed by atoms with Crippen molar-refractivity contribution < 1.29 is 10.0 Å². The molecule has 0 spiro atoms. The van der Waals surface area contributed by atoms with Crippen molar-refractivity contribution in [3.8, 4) is 0 Å². The van der Waals surface area contributed by atoms with Gasteiger partial charge in [-0.3, -0.25) is 0 Å². The van der Waals surface area contributed by atoms with E-state index in [4.69, 9.17) is 10.0 Å². The predicted octanol–water partition coefficient (Wildman–Crippen LogP) is 0.778. The highest BCUT2D eigenvalue weighted by atomic mass is 16.4. The predicted molar refractivity (Wildman–Crippen MR) is 60.0 cm³/mol. The van der Waals surface area contributed by atoms with Crippen LogP contribution in [-0.2, 0) is 0 Å². The molecule has 0 unspecified atom stereocenters. The smallest absolute Gasteiger partial charge is 0.424 e. The molecule has 4 heteroatoms. The van der Waals surface area contributed by atoms with Crippen LogP contribution < -0.4 is 4.90 Å². The molecule has 1 rings (SSSR count). The Kier molecular flexibility index (Phi) is 3.74. The van der Waals surface area contributed by atoms with Crippen molar-refractivity contribution in [1.29, 1.82) is 0 Å². The van der Waals surface area contributed by atoms with Crippen LogP contribution in [0.25, 0.3) is 6.08 Å². The third-order valence-electron chi connectivity index (χ3n) is 1.87. The standard InChI is InChI=1S/C10H14BNO2/c1-12(2)10-5-3-9(4-6-10)7-8-11(13)14/h3-8,13-14H,1-2H3/b8-7+. The van der Waals surface area contributed by atoms with E-state index in [1.165, 1.54) is 5.98 Å². The maximum Gasteiger partial charge on any atom is 0.480 e. The van der Waals surface area contributed by atoms with Crippen LogP contribution >= 0.6 is 0 Å². The lowest BCUT2D eigenvalue weighted by Gasteiger charge is -2.11. The van der Waals surface area contributed by atoms with Gasteiger partial charge in [0.15, 0.2) is 0 Å². The maximum atomic E-state index is 8.62. The molecular formula is C10H14BNO2. The van der Waals surface area contributed by atoms with Crippen molar-refractivity contribution in [3.63, 3.8) is 0 Å². The summed E-state index contributed by atoms with van der Waals surface area (Å²) in [7, 11) is 2.56. The van der Waals surface area contributed by atoms with E-state index in [1.807, 2.05) is 43.3 Å². The molecule has 0 bridgehead atoms. The topological polar surface area (TPSA) is 43.7 Å². The molecule has 14 heavy (non-hydrogen) atoms. The van der Waals surface area contributed by atoms with Gasteiger partial charge in [0.25, 0.3) is 0 Å². The zero-order chi connectivity index (χ0) is 10.6. The summed E-state index contributed by atoms with van der Waals surface area (Å²) >= 11 is 0. The molecular weight excluding hydrogens is 177 g/mol. The lowest BCUT2D eigenvalue weighted by atomic mass is 9.91. The van der Waals surface area contributed by atoms with E-state index in [1.54, 1.807) is 6.08 Å². The molecule has 0 heterocycles. The van der Waals surface area contributed by atoms with Gasteiger partial charge in [-0.25, -0.2) is 0 Å². The Morgan fingerprint density at radius 1 is 1.14 bits per heavy atom.